The molecule has 6 heteroatoms. The molecule has 1 aromatic rings. The topological polar surface area (TPSA) is 74.5 Å². The van der Waals surface area contributed by atoms with Crippen LogP contribution < -0.4 is 0 Å². The number of carbonyl (C=O) groups is 1. The molecule has 2 rings (SSSR count). The van der Waals surface area contributed by atoms with Gasteiger partial charge in [0.05, 0.1) is 4.90 Å². The van der Waals surface area contributed by atoms with E-state index < -0.39 is 22.0 Å². The van der Waals surface area contributed by atoms with Crippen molar-refractivity contribution in [1.29, 1.82) is 0 Å². The highest BCUT2D eigenvalue weighted by Gasteiger charge is 2.49. The van der Waals surface area contributed by atoms with Crippen LogP contribution in [0.5, 0.6) is 0 Å². The Morgan fingerprint density at radius 3 is 2.38 bits per heavy atom. The number of nitrogens with zero attached hydrogens (tertiary/aromatic N) is 1. The van der Waals surface area contributed by atoms with E-state index in [2.05, 4.69) is 0 Å². The SMILES string of the molecule is Cc1ccc(S(=O)(=O)N2CC2C(=O)O)cc1. The standard InChI is InChI=1S/C10H11NO4S/c1-7-2-4-8(5-3-7)16(14,15)11-6-9(11)10(12)13/h2-5,9H,6H2,1H3,(H,12,13). The average molecular weight is 241 g/mol. The lowest BCUT2D eigenvalue weighted by Crippen LogP contribution is -2.19. The summed E-state index contributed by atoms with van der Waals surface area (Å²) in [6, 6.07) is 5.45. The Bertz CT molecular complexity index is 520. The molecule has 1 heterocycles. The van der Waals surface area contributed by atoms with Crippen LogP contribution in [0.1, 0.15) is 5.56 Å². The van der Waals surface area contributed by atoms with Crippen LogP contribution in [0.25, 0.3) is 0 Å². The van der Waals surface area contributed by atoms with Crippen LogP contribution in [0.15, 0.2) is 29.2 Å². The molecule has 0 saturated carbocycles. The Labute approximate surface area is 93.4 Å². The van der Waals surface area contributed by atoms with Gasteiger partial charge in [-0.1, -0.05) is 17.7 Å². The number of benzene rings is 1. The zero-order valence-corrected chi connectivity index (χ0v) is 9.44. The Morgan fingerprint density at radius 2 is 1.94 bits per heavy atom. The highest BCUT2D eigenvalue weighted by Crippen LogP contribution is 2.28. The zero-order chi connectivity index (χ0) is 11.9. The van der Waals surface area contributed by atoms with Gasteiger partial charge in [0.2, 0.25) is 10.0 Å². The van der Waals surface area contributed by atoms with E-state index in [1.54, 1.807) is 12.1 Å². The predicted octanol–water partition coefficient (Wildman–Crippen LogP) is 0.453. The summed E-state index contributed by atoms with van der Waals surface area (Å²) in [5.74, 6) is -1.10. The molecule has 1 aliphatic rings. The van der Waals surface area contributed by atoms with Crippen molar-refractivity contribution >= 4 is 16.0 Å². The maximum Gasteiger partial charge on any atom is 0.323 e. The average Bonchev–Trinajstić information content (AvgIpc) is 2.98. The molecule has 0 amide bonds. The molecule has 0 aromatic heterocycles. The molecule has 1 aromatic carbocycles. The molecule has 0 aliphatic carbocycles. The van der Waals surface area contributed by atoms with Gasteiger partial charge < -0.3 is 5.11 Å². The van der Waals surface area contributed by atoms with Gasteiger partial charge in [0.15, 0.2) is 0 Å². The lowest BCUT2D eigenvalue weighted by atomic mass is 10.2. The van der Waals surface area contributed by atoms with Gasteiger partial charge in [-0.15, -0.1) is 0 Å². The third-order valence-corrected chi connectivity index (χ3v) is 4.37. The number of carboxylic acids is 1. The van der Waals surface area contributed by atoms with Crippen molar-refractivity contribution in [3.8, 4) is 0 Å². The van der Waals surface area contributed by atoms with Crippen molar-refractivity contribution in [2.75, 3.05) is 6.54 Å². The summed E-state index contributed by atoms with van der Waals surface area (Å²) in [6.45, 7) is 1.92. The Kier molecular flexibility index (Phi) is 2.47. The van der Waals surface area contributed by atoms with Crippen molar-refractivity contribution in [2.45, 2.75) is 17.9 Å². The fraction of sp³-hybridized carbons (Fsp3) is 0.300. The van der Waals surface area contributed by atoms with Gasteiger partial charge in [-0.25, -0.2) is 8.42 Å². The maximum absolute atomic E-state index is 11.9. The molecule has 2 atom stereocenters. The van der Waals surface area contributed by atoms with Crippen LogP contribution in [-0.4, -0.2) is 36.4 Å². The monoisotopic (exact) mass is 241 g/mol. The third kappa shape index (κ3) is 1.81. The zero-order valence-electron chi connectivity index (χ0n) is 8.62. The summed E-state index contributed by atoms with van der Waals surface area (Å²) in [7, 11) is -3.62. The van der Waals surface area contributed by atoms with Crippen molar-refractivity contribution in [3.63, 3.8) is 0 Å². The molecular formula is C10H11NO4S. The number of aliphatic carboxylic acids is 1. The van der Waals surface area contributed by atoms with E-state index in [1.165, 1.54) is 12.1 Å². The minimum atomic E-state index is -3.62. The normalized spacial score (nSPS) is 24.1. The maximum atomic E-state index is 11.9. The molecule has 1 aliphatic heterocycles. The predicted molar refractivity (Wildman–Crippen MR) is 56.5 cm³/mol. The molecule has 0 spiro atoms. The number of aryl methyl sites for hydroxylation is 1. The van der Waals surface area contributed by atoms with E-state index in [0.717, 1.165) is 9.87 Å². The van der Waals surface area contributed by atoms with Gasteiger partial charge in [0.1, 0.15) is 6.04 Å². The molecule has 86 valence electrons. The molecule has 5 nitrogen and oxygen atoms in total. The molecular weight excluding hydrogens is 230 g/mol. The van der Waals surface area contributed by atoms with E-state index in [9.17, 15) is 13.2 Å². The van der Waals surface area contributed by atoms with E-state index in [0.29, 0.717) is 0 Å². The van der Waals surface area contributed by atoms with Crippen molar-refractivity contribution < 1.29 is 18.3 Å². The van der Waals surface area contributed by atoms with Crippen LogP contribution in [0.4, 0.5) is 0 Å². The first-order chi connectivity index (χ1) is 7.43. The molecule has 1 saturated heterocycles. The van der Waals surface area contributed by atoms with Crippen LogP contribution in [0.3, 0.4) is 0 Å². The summed E-state index contributed by atoms with van der Waals surface area (Å²) in [5, 5.41) is 8.67. The van der Waals surface area contributed by atoms with Crippen LogP contribution >= 0.6 is 0 Å². The lowest BCUT2D eigenvalue weighted by molar-refractivity contribution is -0.136. The van der Waals surface area contributed by atoms with Gasteiger partial charge in [-0.05, 0) is 19.1 Å². The second-order valence-corrected chi connectivity index (χ2v) is 5.63. The van der Waals surface area contributed by atoms with Crippen LogP contribution in [0.2, 0.25) is 0 Å². The quantitative estimate of drug-likeness (QED) is 0.780. The summed E-state index contributed by atoms with van der Waals surface area (Å²) < 4.78 is 24.7. The summed E-state index contributed by atoms with van der Waals surface area (Å²) >= 11 is 0. The lowest BCUT2D eigenvalue weighted by Gasteiger charge is -2.04. The van der Waals surface area contributed by atoms with Gasteiger partial charge in [0, 0.05) is 6.54 Å². The molecule has 0 radical (unpaired) electrons. The number of sulfonamides is 1. The smallest absolute Gasteiger partial charge is 0.323 e. The minimum Gasteiger partial charge on any atom is -0.480 e. The second-order valence-electron chi connectivity index (χ2n) is 3.74. The van der Waals surface area contributed by atoms with Crippen molar-refractivity contribution in [3.05, 3.63) is 29.8 Å². The highest BCUT2D eigenvalue weighted by atomic mass is 32.2. The van der Waals surface area contributed by atoms with Crippen molar-refractivity contribution in [1.82, 2.24) is 4.31 Å². The second kappa shape index (κ2) is 3.57. The molecule has 16 heavy (non-hydrogen) atoms. The Hall–Kier alpha value is -1.40. The van der Waals surface area contributed by atoms with E-state index >= 15 is 0 Å². The summed E-state index contributed by atoms with van der Waals surface area (Å²) in [4.78, 5) is 10.7. The fourth-order valence-electron chi connectivity index (χ4n) is 1.44. The highest BCUT2D eigenvalue weighted by molar-refractivity contribution is 7.89. The molecule has 1 fully saturated rings. The van der Waals surface area contributed by atoms with Gasteiger partial charge in [-0.3, -0.25) is 4.79 Å². The molecule has 1 N–H and O–H groups in total. The largest absolute Gasteiger partial charge is 0.480 e. The molecule has 0 bridgehead atoms. The fourth-order valence-corrected chi connectivity index (χ4v) is 2.95. The van der Waals surface area contributed by atoms with Crippen LogP contribution in [0, 0.1) is 6.92 Å². The first-order valence-corrected chi connectivity index (χ1v) is 6.18. The number of hydrogen-bond acceptors (Lipinski definition) is 3. The van der Waals surface area contributed by atoms with E-state index in [4.69, 9.17) is 5.11 Å². The molecule has 2 unspecified atom stereocenters. The van der Waals surface area contributed by atoms with Crippen molar-refractivity contribution in [2.24, 2.45) is 0 Å². The number of carboxylic acid groups (broad SMARTS) is 1. The minimum absolute atomic E-state index is 0.0611. The Balaban J connectivity index is 2.28. The van der Waals surface area contributed by atoms with E-state index in [-0.39, 0.29) is 11.4 Å². The number of hydrogen-bond donors (Lipinski definition) is 1. The van der Waals surface area contributed by atoms with Gasteiger partial charge >= 0.3 is 5.97 Å². The third-order valence-electron chi connectivity index (χ3n) is 2.48. The Morgan fingerprint density at radius 1 is 1.38 bits per heavy atom. The first-order valence-electron chi connectivity index (χ1n) is 4.74. The van der Waals surface area contributed by atoms with E-state index in [1.807, 2.05) is 6.92 Å². The summed E-state index contributed by atoms with van der Waals surface area (Å²) in [5.41, 5.74) is 0.958. The van der Waals surface area contributed by atoms with Gasteiger partial charge in [0.25, 0.3) is 0 Å². The number of rotatable bonds is 3. The van der Waals surface area contributed by atoms with Crippen LogP contribution in [-0.2, 0) is 14.8 Å². The first kappa shape index (κ1) is 11.1. The van der Waals surface area contributed by atoms with Gasteiger partial charge in [-0.2, -0.15) is 4.31 Å². The summed E-state index contributed by atoms with van der Waals surface area (Å²) in [6.07, 6.45) is 0.